The molecule has 1 fully saturated rings. The Balaban J connectivity index is 2.71. The first-order valence-electron chi connectivity index (χ1n) is 6.34. The summed E-state index contributed by atoms with van der Waals surface area (Å²) in [5, 5.41) is 0. The van der Waals surface area contributed by atoms with Crippen LogP contribution in [0.3, 0.4) is 0 Å². The van der Waals surface area contributed by atoms with Gasteiger partial charge in [0.1, 0.15) is 5.60 Å². The summed E-state index contributed by atoms with van der Waals surface area (Å²) in [6.45, 7) is 7.04. The zero-order valence-electron chi connectivity index (χ0n) is 10.3. The second kappa shape index (κ2) is 5.64. The van der Waals surface area contributed by atoms with Crippen molar-refractivity contribution in [3.63, 3.8) is 0 Å². The Morgan fingerprint density at radius 3 is 2.60 bits per heavy atom. The van der Waals surface area contributed by atoms with E-state index in [2.05, 4.69) is 20.8 Å². The zero-order chi connectivity index (χ0) is 11.3. The van der Waals surface area contributed by atoms with Crippen LogP contribution in [0, 0.1) is 5.92 Å². The lowest BCUT2D eigenvalue weighted by molar-refractivity contribution is -0.149. The van der Waals surface area contributed by atoms with E-state index in [1.165, 1.54) is 0 Å². The highest BCUT2D eigenvalue weighted by molar-refractivity contribution is 5.88. The maximum absolute atomic E-state index is 12.2. The molecule has 1 saturated carbocycles. The Hall–Kier alpha value is -0.370. The quantitative estimate of drug-likeness (QED) is 0.675. The molecular weight excluding hydrogens is 188 g/mol. The highest BCUT2D eigenvalue weighted by atomic mass is 16.5. The van der Waals surface area contributed by atoms with Crippen LogP contribution in [0.4, 0.5) is 0 Å². The van der Waals surface area contributed by atoms with Crippen molar-refractivity contribution in [2.24, 2.45) is 5.92 Å². The smallest absolute Gasteiger partial charge is 0.164 e. The van der Waals surface area contributed by atoms with E-state index < -0.39 is 5.60 Å². The van der Waals surface area contributed by atoms with E-state index >= 15 is 0 Å². The lowest BCUT2D eigenvalue weighted by atomic mass is 9.85. The van der Waals surface area contributed by atoms with Crippen molar-refractivity contribution in [2.75, 3.05) is 6.61 Å². The largest absolute Gasteiger partial charge is 0.367 e. The molecule has 0 aliphatic heterocycles. The van der Waals surface area contributed by atoms with Gasteiger partial charge >= 0.3 is 0 Å². The molecule has 0 heterocycles. The molecule has 0 aromatic carbocycles. The van der Waals surface area contributed by atoms with Crippen LogP contribution >= 0.6 is 0 Å². The van der Waals surface area contributed by atoms with Gasteiger partial charge in [0, 0.05) is 13.0 Å². The number of carbonyl (C=O) groups is 1. The van der Waals surface area contributed by atoms with E-state index in [1.807, 2.05) is 0 Å². The maximum atomic E-state index is 12.2. The number of hydrogen-bond acceptors (Lipinski definition) is 2. The number of rotatable bonds is 6. The number of Topliss-reactive ketones (excluding diaryl/α,β-unsaturated/α-hetero) is 1. The molecule has 0 radical (unpaired) electrons. The molecule has 2 atom stereocenters. The zero-order valence-corrected chi connectivity index (χ0v) is 10.3. The van der Waals surface area contributed by atoms with E-state index in [4.69, 9.17) is 4.74 Å². The second-order valence-electron chi connectivity index (χ2n) is 4.70. The third-order valence-electron chi connectivity index (χ3n) is 3.49. The van der Waals surface area contributed by atoms with Crippen LogP contribution in [0.5, 0.6) is 0 Å². The van der Waals surface area contributed by atoms with Gasteiger partial charge in [-0.2, -0.15) is 0 Å². The normalized spacial score (nSPS) is 30.7. The minimum Gasteiger partial charge on any atom is -0.367 e. The molecule has 0 aromatic rings. The Morgan fingerprint density at radius 1 is 1.40 bits per heavy atom. The van der Waals surface area contributed by atoms with Gasteiger partial charge in [0.15, 0.2) is 5.78 Å². The summed E-state index contributed by atoms with van der Waals surface area (Å²) in [6, 6.07) is 0. The first-order valence-corrected chi connectivity index (χ1v) is 6.34. The number of hydrogen-bond donors (Lipinski definition) is 0. The molecule has 2 nitrogen and oxygen atoms in total. The monoisotopic (exact) mass is 212 g/mol. The lowest BCUT2D eigenvalue weighted by Gasteiger charge is -2.32. The average molecular weight is 212 g/mol. The van der Waals surface area contributed by atoms with E-state index in [1.54, 1.807) is 0 Å². The third-order valence-corrected chi connectivity index (χ3v) is 3.49. The Labute approximate surface area is 93.4 Å². The van der Waals surface area contributed by atoms with Crippen LogP contribution < -0.4 is 0 Å². The molecule has 88 valence electrons. The Morgan fingerprint density at radius 2 is 2.13 bits per heavy atom. The molecule has 2 unspecified atom stereocenters. The molecule has 0 aromatic heterocycles. The highest BCUT2D eigenvalue weighted by Crippen LogP contribution is 2.40. The van der Waals surface area contributed by atoms with Crippen molar-refractivity contribution >= 4 is 5.78 Å². The molecule has 2 heteroatoms. The topological polar surface area (TPSA) is 26.3 Å². The highest BCUT2D eigenvalue weighted by Gasteiger charge is 2.46. The molecule has 0 amide bonds. The van der Waals surface area contributed by atoms with Crippen molar-refractivity contribution < 1.29 is 9.53 Å². The van der Waals surface area contributed by atoms with E-state index in [0.29, 0.717) is 18.1 Å². The van der Waals surface area contributed by atoms with Crippen LogP contribution in [0.25, 0.3) is 0 Å². The van der Waals surface area contributed by atoms with Gasteiger partial charge in [-0.15, -0.1) is 0 Å². The van der Waals surface area contributed by atoms with Gasteiger partial charge in [0.2, 0.25) is 0 Å². The molecule has 1 aliphatic carbocycles. The van der Waals surface area contributed by atoms with Gasteiger partial charge in [-0.05, 0) is 38.0 Å². The molecule has 0 N–H and O–H groups in total. The van der Waals surface area contributed by atoms with Crippen LogP contribution in [0.1, 0.15) is 59.3 Å². The van der Waals surface area contributed by atoms with Crippen LogP contribution in [-0.4, -0.2) is 18.0 Å². The fraction of sp³-hybridized carbons (Fsp3) is 0.923. The molecule has 1 aliphatic rings. The van der Waals surface area contributed by atoms with Crippen LogP contribution in [0.2, 0.25) is 0 Å². The van der Waals surface area contributed by atoms with E-state index in [-0.39, 0.29) is 0 Å². The molecule has 0 saturated heterocycles. The van der Waals surface area contributed by atoms with E-state index in [9.17, 15) is 4.79 Å². The van der Waals surface area contributed by atoms with Crippen molar-refractivity contribution in [2.45, 2.75) is 64.9 Å². The van der Waals surface area contributed by atoms with Crippen LogP contribution in [0.15, 0.2) is 0 Å². The van der Waals surface area contributed by atoms with Gasteiger partial charge in [0.25, 0.3) is 0 Å². The fourth-order valence-electron chi connectivity index (χ4n) is 2.58. The van der Waals surface area contributed by atoms with E-state index in [0.717, 1.165) is 38.7 Å². The summed E-state index contributed by atoms with van der Waals surface area (Å²) < 4.78 is 5.92. The van der Waals surface area contributed by atoms with Gasteiger partial charge in [-0.3, -0.25) is 4.79 Å². The predicted molar refractivity (Wildman–Crippen MR) is 61.9 cm³/mol. The van der Waals surface area contributed by atoms with Gasteiger partial charge in [0.05, 0.1) is 0 Å². The van der Waals surface area contributed by atoms with Crippen molar-refractivity contribution in [1.29, 1.82) is 0 Å². The predicted octanol–water partition coefficient (Wildman–Crippen LogP) is 3.34. The van der Waals surface area contributed by atoms with Crippen molar-refractivity contribution in [3.05, 3.63) is 0 Å². The Bertz CT molecular complexity index is 213. The van der Waals surface area contributed by atoms with Gasteiger partial charge in [-0.25, -0.2) is 0 Å². The first kappa shape index (κ1) is 12.7. The number of ketones is 1. The minimum absolute atomic E-state index is 0.337. The third kappa shape index (κ3) is 2.60. The first-order chi connectivity index (χ1) is 7.17. The van der Waals surface area contributed by atoms with Crippen LogP contribution in [-0.2, 0) is 9.53 Å². The van der Waals surface area contributed by atoms with Gasteiger partial charge in [-0.1, -0.05) is 20.8 Å². The average Bonchev–Trinajstić information content (AvgIpc) is 2.58. The molecular formula is C13H24O2. The summed E-state index contributed by atoms with van der Waals surface area (Å²) in [6.07, 6.45) is 5.82. The summed E-state index contributed by atoms with van der Waals surface area (Å²) in [5.74, 6) is 0.742. The lowest BCUT2D eigenvalue weighted by Crippen LogP contribution is -2.44. The number of carbonyl (C=O) groups excluding carboxylic acids is 1. The fourth-order valence-corrected chi connectivity index (χ4v) is 2.58. The molecule has 0 bridgehead atoms. The Kier molecular flexibility index (Phi) is 4.78. The summed E-state index contributed by atoms with van der Waals surface area (Å²) in [5.41, 5.74) is -0.425. The summed E-state index contributed by atoms with van der Waals surface area (Å²) in [4.78, 5) is 12.2. The minimum atomic E-state index is -0.425. The molecule has 0 spiro atoms. The summed E-state index contributed by atoms with van der Waals surface area (Å²) >= 11 is 0. The summed E-state index contributed by atoms with van der Waals surface area (Å²) in [7, 11) is 0. The second-order valence-corrected chi connectivity index (χ2v) is 4.70. The number of ether oxygens (including phenoxy) is 1. The molecule has 1 rings (SSSR count). The van der Waals surface area contributed by atoms with Crippen molar-refractivity contribution in [3.8, 4) is 0 Å². The SMILES string of the molecule is CCCOC1(C(=O)CCC)CCCC1C. The van der Waals surface area contributed by atoms with Gasteiger partial charge < -0.3 is 4.74 Å². The van der Waals surface area contributed by atoms with Crippen molar-refractivity contribution in [1.82, 2.24) is 0 Å². The molecule has 15 heavy (non-hydrogen) atoms. The standard InChI is InChI=1S/C13H24O2/c1-4-7-12(14)13(15-10-5-2)9-6-8-11(13)3/h11H,4-10H2,1-3H3. The maximum Gasteiger partial charge on any atom is 0.164 e.